The molecule has 0 aliphatic carbocycles. The van der Waals surface area contributed by atoms with Gasteiger partial charge < -0.3 is 14.9 Å². The number of hydrogen-bond donors (Lipinski definition) is 1. The Kier molecular flexibility index (Phi) is 6.55. The molecule has 0 bridgehead atoms. The van der Waals surface area contributed by atoms with Crippen LogP contribution >= 0.6 is 0 Å². The number of aliphatic hydroxyl groups is 1. The Morgan fingerprint density at radius 3 is 2.40 bits per heavy atom. The second-order valence-corrected chi connectivity index (χ2v) is 8.31. The summed E-state index contributed by atoms with van der Waals surface area (Å²) in [5, 5.41) is 9.22. The van der Waals surface area contributed by atoms with Crippen molar-refractivity contribution < 1.29 is 23.1 Å². The molecule has 1 aromatic rings. The van der Waals surface area contributed by atoms with Crippen molar-refractivity contribution >= 4 is 21.7 Å². The van der Waals surface area contributed by atoms with Crippen molar-refractivity contribution in [2.75, 3.05) is 31.2 Å². The van der Waals surface area contributed by atoms with Crippen molar-refractivity contribution in [2.24, 2.45) is 0 Å². The maximum Gasteiger partial charge on any atom is 0.312 e. The highest BCUT2D eigenvalue weighted by Gasteiger charge is 2.37. The van der Waals surface area contributed by atoms with Crippen LogP contribution in [0.4, 0.5) is 0 Å². The first-order valence-electron chi connectivity index (χ1n) is 8.33. The molecule has 1 atom stereocenters. The molecular weight excluding hydrogens is 344 g/mol. The number of rotatable bonds is 6. The molecule has 0 aromatic heterocycles. The molecule has 1 heterocycles. The quantitative estimate of drug-likeness (QED) is 0.716. The summed E-state index contributed by atoms with van der Waals surface area (Å²) in [6, 6.07) is 8.74. The smallest absolute Gasteiger partial charge is 0.312 e. The van der Waals surface area contributed by atoms with Gasteiger partial charge in [0.2, 0.25) is 0 Å². The van der Waals surface area contributed by atoms with Crippen LogP contribution in [-0.4, -0.2) is 72.4 Å². The van der Waals surface area contributed by atoms with E-state index < -0.39 is 27.7 Å². The summed E-state index contributed by atoms with van der Waals surface area (Å²) >= 11 is 0. The number of benzene rings is 1. The summed E-state index contributed by atoms with van der Waals surface area (Å²) in [5.74, 6) is -1.49. The van der Waals surface area contributed by atoms with Crippen LogP contribution in [0.2, 0.25) is 0 Å². The fourth-order valence-corrected chi connectivity index (χ4v) is 4.75. The number of likely N-dealkylation sites (N-methyl/N-ethyl adjacent to an activating group) is 1. The van der Waals surface area contributed by atoms with Gasteiger partial charge in [-0.25, -0.2) is 8.42 Å². The molecule has 25 heavy (non-hydrogen) atoms. The largest absolute Gasteiger partial charge is 0.395 e. The molecule has 1 aliphatic heterocycles. The van der Waals surface area contributed by atoms with Crippen molar-refractivity contribution in [3.8, 4) is 0 Å². The Morgan fingerprint density at radius 2 is 1.88 bits per heavy atom. The zero-order chi connectivity index (χ0) is 18.4. The van der Waals surface area contributed by atoms with Gasteiger partial charge in [-0.3, -0.25) is 9.59 Å². The number of nitrogens with zero attached hydrogens (tertiary/aromatic N) is 2. The van der Waals surface area contributed by atoms with Crippen molar-refractivity contribution in [3.63, 3.8) is 0 Å². The molecule has 7 nitrogen and oxygen atoms in total. The van der Waals surface area contributed by atoms with Gasteiger partial charge in [-0.2, -0.15) is 0 Å². The van der Waals surface area contributed by atoms with E-state index in [9.17, 15) is 23.1 Å². The van der Waals surface area contributed by atoms with Crippen LogP contribution in [-0.2, 0) is 26.0 Å². The van der Waals surface area contributed by atoms with Gasteiger partial charge in [0.05, 0.1) is 18.1 Å². The number of carbonyl (C=O) groups excluding carboxylic acids is 2. The van der Waals surface area contributed by atoms with E-state index in [1.807, 2.05) is 30.3 Å². The average Bonchev–Trinajstić information content (AvgIpc) is 2.95. The molecule has 1 aliphatic rings. The van der Waals surface area contributed by atoms with Crippen LogP contribution in [0.5, 0.6) is 0 Å². The second-order valence-electron chi connectivity index (χ2n) is 6.08. The number of carbonyl (C=O) groups is 2. The van der Waals surface area contributed by atoms with E-state index in [0.717, 1.165) is 5.56 Å². The van der Waals surface area contributed by atoms with Gasteiger partial charge in [-0.15, -0.1) is 0 Å². The number of hydrogen-bond acceptors (Lipinski definition) is 5. The molecular formula is C17H24N2O5S. The minimum Gasteiger partial charge on any atom is -0.395 e. The standard InChI is InChI=1S/C17H24N2O5S/c1-2-19(15-8-11-25(23,24)13-15)17(22)16(21)18(9-10-20)12-14-6-4-3-5-7-14/h3-7,15,20H,2,8-13H2,1H3. The molecule has 0 saturated carbocycles. The van der Waals surface area contributed by atoms with Crippen LogP contribution in [0.15, 0.2) is 30.3 Å². The van der Waals surface area contributed by atoms with Crippen molar-refractivity contribution in [1.29, 1.82) is 0 Å². The van der Waals surface area contributed by atoms with Gasteiger partial charge in [0.1, 0.15) is 0 Å². The first-order valence-corrected chi connectivity index (χ1v) is 10.1. The zero-order valence-corrected chi connectivity index (χ0v) is 15.1. The molecule has 0 spiro atoms. The third kappa shape index (κ3) is 5.02. The lowest BCUT2D eigenvalue weighted by molar-refractivity contribution is -0.153. The minimum absolute atomic E-state index is 0.0417. The summed E-state index contributed by atoms with van der Waals surface area (Å²) in [4.78, 5) is 27.9. The SMILES string of the molecule is CCN(C(=O)C(=O)N(CCO)Cc1ccccc1)C1CCS(=O)(=O)C1. The number of amides is 2. The number of sulfone groups is 1. The molecule has 2 amide bonds. The Hall–Kier alpha value is -1.93. The van der Waals surface area contributed by atoms with Crippen LogP contribution < -0.4 is 0 Å². The molecule has 138 valence electrons. The molecule has 1 unspecified atom stereocenters. The Bertz CT molecular complexity index is 705. The van der Waals surface area contributed by atoms with Crippen LogP contribution in [0.1, 0.15) is 18.9 Å². The predicted molar refractivity (Wildman–Crippen MR) is 93.4 cm³/mol. The second kappa shape index (κ2) is 8.44. The minimum atomic E-state index is -3.15. The third-order valence-electron chi connectivity index (χ3n) is 4.31. The number of aliphatic hydroxyl groups excluding tert-OH is 1. The summed E-state index contributed by atoms with van der Waals surface area (Å²) in [7, 11) is -3.15. The summed E-state index contributed by atoms with van der Waals surface area (Å²) in [6.45, 7) is 2.00. The van der Waals surface area contributed by atoms with Crippen LogP contribution in [0.3, 0.4) is 0 Å². The van der Waals surface area contributed by atoms with E-state index in [1.54, 1.807) is 6.92 Å². The van der Waals surface area contributed by atoms with Crippen molar-refractivity contribution in [1.82, 2.24) is 9.80 Å². The van der Waals surface area contributed by atoms with Gasteiger partial charge in [-0.05, 0) is 18.9 Å². The van der Waals surface area contributed by atoms with Gasteiger partial charge in [0, 0.05) is 25.7 Å². The van der Waals surface area contributed by atoms with E-state index in [2.05, 4.69) is 0 Å². The zero-order valence-electron chi connectivity index (χ0n) is 14.3. The maximum absolute atomic E-state index is 12.6. The molecule has 8 heteroatoms. The molecule has 1 saturated heterocycles. The Morgan fingerprint density at radius 1 is 1.20 bits per heavy atom. The van der Waals surface area contributed by atoms with Gasteiger partial charge in [-0.1, -0.05) is 30.3 Å². The highest BCUT2D eigenvalue weighted by molar-refractivity contribution is 7.91. The van der Waals surface area contributed by atoms with Crippen molar-refractivity contribution in [3.05, 3.63) is 35.9 Å². The monoisotopic (exact) mass is 368 g/mol. The fraction of sp³-hybridized carbons (Fsp3) is 0.529. The normalized spacial score (nSPS) is 18.7. The predicted octanol–water partition coefficient (Wildman–Crippen LogP) is 0.0431. The lowest BCUT2D eigenvalue weighted by Crippen LogP contribution is -2.50. The van der Waals surface area contributed by atoms with E-state index in [0.29, 0.717) is 6.42 Å². The first kappa shape index (κ1) is 19.4. The van der Waals surface area contributed by atoms with Crippen LogP contribution in [0.25, 0.3) is 0 Å². The first-order chi connectivity index (χ1) is 11.9. The molecule has 0 radical (unpaired) electrons. The third-order valence-corrected chi connectivity index (χ3v) is 6.06. The lowest BCUT2D eigenvalue weighted by atomic mass is 10.2. The lowest BCUT2D eigenvalue weighted by Gasteiger charge is -2.29. The van der Waals surface area contributed by atoms with Crippen LogP contribution in [0, 0.1) is 0 Å². The van der Waals surface area contributed by atoms with Gasteiger partial charge >= 0.3 is 11.8 Å². The van der Waals surface area contributed by atoms with E-state index in [4.69, 9.17) is 0 Å². The summed E-state index contributed by atoms with van der Waals surface area (Å²) in [6.07, 6.45) is 0.355. The van der Waals surface area contributed by atoms with E-state index in [-0.39, 0.29) is 37.7 Å². The highest BCUT2D eigenvalue weighted by Crippen LogP contribution is 2.18. The maximum atomic E-state index is 12.6. The van der Waals surface area contributed by atoms with Crippen molar-refractivity contribution in [2.45, 2.75) is 25.9 Å². The van der Waals surface area contributed by atoms with E-state index in [1.165, 1.54) is 9.80 Å². The van der Waals surface area contributed by atoms with Gasteiger partial charge in [0.15, 0.2) is 9.84 Å². The fourth-order valence-electron chi connectivity index (χ4n) is 3.02. The molecule has 2 rings (SSSR count). The molecule has 1 fully saturated rings. The van der Waals surface area contributed by atoms with Gasteiger partial charge in [0.25, 0.3) is 0 Å². The van der Waals surface area contributed by atoms with E-state index >= 15 is 0 Å². The average molecular weight is 368 g/mol. The molecule has 1 aromatic carbocycles. The Labute approximate surface area is 148 Å². The Balaban J connectivity index is 2.12. The highest BCUT2D eigenvalue weighted by atomic mass is 32.2. The summed E-state index contributed by atoms with van der Waals surface area (Å²) < 4.78 is 23.3. The summed E-state index contributed by atoms with van der Waals surface area (Å²) in [5.41, 5.74) is 0.851. The topological polar surface area (TPSA) is 95.0 Å². The molecule has 1 N–H and O–H groups in total.